The van der Waals surface area contributed by atoms with E-state index in [1.165, 1.54) is 14.7 Å². The minimum Gasteiger partial charge on any atom is -0.407 e. The molecule has 0 heterocycles. The summed E-state index contributed by atoms with van der Waals surface area (Å²) in [5.74, 6) is 0. The molecule has 186 valence electrons. The number of aryl methyl sites for hydroxylation is 1. The van der Waals surface area contributed by atoms with Crippen LogP contribution in [0.4, 0.5) is 0 Å². The third-order valence-electron chi connectivity index (χ3n) is 6.15. The Hall–Kier alpha value is -1.94. The minimum absolute atomic E-state index is 0.0991. The fraction of sp³-hybridized carbons (Fsp3) is 0.286. The molecule has 3 aromatic rings. The standard InChI is InChI=1S/C28H34INO3SSi/c1-23-18-20-24(21-19-23)34(31,32)30(5)27(29)17-12-22-33-35(28(2,3)4,25-13-8-6-9-14-25)26-15-10-7-11-16-26/h6-11,13-21H,12,22H2,1-5H3/b27-17-. The van der Waals surface area contributed by atoms with Crippen LogP contribution in [0.25, 0.3) is 0 Å². The summed E-state index contributed by atoms with van der Waals surface area (Å²) in [6.07, 6.45) is 2.54. The molecule has 0 bridgehead atoms. The van der Waals surface area contributed by atoms with Gasteiger partial charge in [0.2, 0.25) is 0 Å². The van der Waals surface area contributed by atoms with Crippen molar-refractivity contribution in [1.29, 1.82) is 0 Å². The molecule has 7 heteroatoms. The van der Waals surface area contributed by atoms with E-state index in [-0.39, 0.29) is 9.93 Å². The highest BCUT2D eigenvalue weighted by Gasteiger charge is 2.49. The number of sulfonamides is 1. The van der Waals surface area contributed by atoms with Crippen LogP contribution in [0.1, 0.15) is 32.8 Å². The predicted octanol–water partition coefficient (Wildman–Crippen LogP) is 5.86. The third kappa shape index (κ3) is 6.07. The van der Waals surface area contributed by atoms with Crippen molar-refractivity contribution in [3.8, 4) is 0 Å². The smallest absolute Gasteiger partial charge is 0.264 e. The molecular weight excluding hydrogens is 585 g/mol. The first-order valence-electron chi connectivity index (χ1n) is 11.7. The van der Waals surface area contributed by atoms with Crippen molar-refractivity contribution in [3.05, 3.63) is 100 Å². The van der Waals surface area contributed by atoms with Crippen LogP contribution in [0.2, 0.25) is 5.04 Å². The van der Waals surface area contributed by atoms with E-state index in [9.17, 15) is 8.42 Å². The Kier molecular flexibility index (Phi) is 9.01. The van der Waals surface area contributed by atoms with Gasteiger partial charge in [-0.05, 0) is 63.5 Å². The number of halogens is 1. The second-order valence-electron chi connectivity index (χ2n) is 9.61. The Morgan fingerprint density at radius 1 is 0.914 bits per heavy atom. The fourth-order valence-electron chi connectivity index (χ4n) is 4.26. The molecular formula is C28H34INO3SSi. The SMILES string of the molecule is Cc1ccc(S(=O)(=O)N(C)/C(I)=C\CCO[Si](c2ccccc2)(c2ccccc2)C(C)(C)C)cc1. The normalized spacial score (nSPS) is 13.0. The molecule has 0 fully saturated rings. The molecule has 0 aliphatic carbocycles. The van der Waals surface area contributed by atoms with Gasteiger partial charge in [-0.15, -0.1) is 0 Å². The second kappa shape index (κ2) is 11.4. The summed E-state index contributed by atoms with van der Waals surface area (Å²) >= 11 is 2.09. The lowest BCUT2D eigenvalue weighted by molar-refractivity contribution is 0.304. The first-order chi connectivity index (χ1) is 16.5. The molecule has 4 nitrogen and oxygen atoms in total. The first-order valence-corrected chi connectivity index (χ1v) is 16.1. The number of hydrogen-bond acceptors (Lipinski definition) is 3. The Balaban J connectivity index is 1.84. The molecule has 35 heavy (non-hydrogen) atoms. The largest absolute Gasteiger partial charge is 0.407 e. The van der Waals surface area contributed by atoms with Crippen molar-refractivity contribution < 1.29 is 12.8 Å². The minimum atomic E-state index is -3.60. The summed E-state index contributed by atoms with van der Waals surface area (Å²) in [6, 6.07) is 28.0. The van der Waals surface area contributed by atoms with Crippen molar-refractivity contribution in [2.45, 2.75) is 44.0 Å². The molecule has 0 atom stereocenters. The number of hydrogen-bond donors (Lipinski definition) is 0. The van der Waals surface area contributed by atoms with Crippen molar-refractivity contribution in [1.82, 2.24) is 4.31 Å². The summed E-state index contributed by atoms with van der Waals surface area (Å²) in [5, 5.41) is 2.37. The third-order valence-corrected chi connectivity index (χ3v) is 14.5. The van der Waals surface area contributed by atoms with Crippen LogP contribution in [-0.4, -0.2) is 34.7 Å². The van der Waals surface area contributed by atoms with Crippen LogP contribution in [0.15, 0.2) is 99.6 Å². The van der Waals surface area contributed by atoms with E-state index in [4.69, 9.17) is 4.43 Å². The maximum Gasteiger partial charge on any atom is 0.264 e. The topological polar surface area (TPSA) is 46.6 Å². The van der Waals surface area contributed by atoms with Crippen LogP contribution >= 0.6 is 22.6 Å². The van der Waals surface area contributed by atoms with Gasteiger partial charge in [-0.1, -0.05) is 105 Å². The van der Waals surface area contributed by atoms with Gasteiger partial charge in [0, 0.05) is 13.7 Å². The second-order valence-corrected chi connectivity index (χ2v) is 17.0. The maximum absolute atomic E-state index is 13.0. The van der Waals surface area contributed by atoms with Crippen LogP contribution in [-0.2, 0) is 14.4 Å². The molecule has 0 aromatic heterocycles. The molecule has 0 amide bonds. The van der Waals surface area contributed by atoms with Gasteiger partial charge in [0.1, 0.15) is 0 Å². The van der Waals surface area contributed by atoms with E-state index in [2.05, 4.69) is 91.9 Å². The molecule has 0 saturated heterocycles. The van der Waals surface area contributed by atoms with Gasteiger partial charge < -0.3 is 4.43 Å². The average molecular weight is 620 g/mol. The fourth-order valence-corrected chi connectivity index (χ4v) is 11.0. The van der Waals surface area contributed by atoms with Crippen molar-refractivity contribution in [3.63, 3.8) is 0 Å². The summed E-state index contributed by atoms with van der Waals surface area (Å²) < 4.78 is 35.0. The zero-order valence-electron chi connectivity index (χ0n) is 21.0. The van der Waals surface area contributed by atoms with Gasteiger partial charge in [0.05, 0.1) is 8.60 Å². The monoisotopic (exact) mass is 619 g/mol. The molecule has 0 N–H and O–H groups in total. The van der Waals surface area contributed by atoms with E-state index in [1.54, 1.807) is 19.2 Å². The van der Waals surface area contributed by atoms with Crippen LogP contribution in [0, 0.1) is 6.92 Å². The highest BCUT2D eigenvalue weighted by molar-refractivity contribution is 14.1. The van der Waals surface area contributed by atoms with Gasteiger partial charge in [-0.25, -0.2) is 8.42 Å². The summed E-state index contributed by atoms with van der Waals surface area (Å²) in [7, 11) is -4.62. The molecule has 3 rings (SSSR count). The van der Waals surface area contributed by atoms with Crippen LogP contribution in [0.5, 0.6) is 0 Å². The quantitative estimate of drug-likeness (QED) is 0.131. The van der Waals surface area contributed by atoms with Gasteiger partial charge >= 0.3 is 0 Å². The Labute approximate surface area is 225 Å². The van der Waals surface area contributed by atoms with Gasteiger partial charge in [-0.2, -0.15) is 0 Å². The number of nitrogens with zero attached hydrogens (tertiary/aromatic N) is 1. The van der Waals surface area contributed by atoms with Gasteiger partial charge in [0.15, 0.2) is 0 Å². The Bertz CT molecular complexity index is 1200. The van der Waals surface area contributed by atoms with Crippen LogP contribution < -0.4 is 10.4 Å². The van der Waals surface area contributed by atoms with E-state index in [1.807, 2.05) is 37.3 Å². The summed E-state index contributed by atoms with van der Waals surface area (Å²) in [5.41, 5.74) is 1.03. The molecule has 0 saturated carbocycles. The molecule has 0 spiro atoms. The maximum atomic E-state index is 13.0. The highest BCUT2D eigenvalue weighted by Crippen LogP contribution is 2.37. The molecule has 0 aliphatic heterocycles. The lowest BCUT2D eigenvalue weighted by Crippen LogP contribution is -2.66. The predicted molar refractivity (Wildman–Crippen MR) is 156 cm³/mol. The van der Waals surface area contributed by atoms with Gasteiger partial charge in [0.25, 0.3) is 18.3 Å². The lowest BCUT2D eigenvalue weighted by atomic mass is 10.2. The zero-order chi connectivity index (χ0) is 25.7. The number of rotatable bonds is 9. The summed E-state index contributed by atoms with van der Waals surface area (Å²) in [6.45, 7) is 9.19. The number of benzene rings is 3. The van der Waals surface area contributed by atoms with Crippen LogP contribution in [0.3, 0.4) is 0 Å². The van der Waals surface area contributed by atoms with Gasteiger partial charge in [-0.3, -0.25) is 4.31 Å². The van der Waals surface area contributed by atoms with E-state index in [0.29, 0.717) is 16.7 Å². The zero-order valence-corrected chi connectivity index (χ0v) is 25.0. The van der Waals surface area contributed by atoms with E-state index in [0.717, 1.165) is 5.56 Å². The lowest BCUT2D eigenvalue weighted by Gasteiger charge is -2.43. The van der Waals surface area contributed by atoms with Crippen molar-refractivity contribution >= 4 is 51.3 Å². The van der Waals surface area contributed by atoms with E-state index < -0.39 is 18.3 Å². The van der Waals surface area contributed by atoms with E-state index >= 15 is 0 Å². The Morgan fingerprint density at radius 3 is 1.86 bits per heavy atom. The van der Waals surface area contributed by atoms with Crippen molar-refractivity contribution in [2.75, 3.05) is 13.7 Å². The Morgan fingerprint density at radius 2 is 1.40 bits per heavy atom. The molecule has 3 aromatic carbocycles. The molecule has 0 unspecified atom stereocenters. The summed E-state index contributed by atoms with van der Waals surface area (Å²) in [4.78, 5) is 0.289. The average Bonchev–Trinajstić information content (AvgIpc) is 2.84. The highest BCUT2D eigenvalue weighted by atomic mass is 127. The molecule has 0 radical (unpaired) electrons. The first kappa shape index (κ1) is 27.6. The van der Waals surface area contributed by atoms with Crippen molar-refractivity contribution in [2.24, 2.45) is 0 Å². The molecule has 0 aliphatic rings.